The van der Waals surface area contributed by atoms with Crippen molar-refractivity contribution in [1.29, 1.82) is 0 Å². The van der Waals surface area contributed by atoms with Crippen molar-refractivity contribution in [1.82, 2.24) is 5.32 Å². The molecule has 0 amide bonds. The van der Waals surface area contributed by atoms with Crippen LogP contribution in [0, 0.1) is 0 Å². The molecule has 2 rings (SSSR count). The average molecular weight is 218 g/mol. The molecule has 0 aliphatic heterocycles. The molecule has 1 saturated carbocycles. The summed E-state index contributed by atoms with van der Waals surface area (Å²) in [6, 6.07) is 11.3. The highest BCUT2D eigenvalue weighted by molar-refractivity contribution is 5.20. The lowest BCUT2D eigenvalue weighted by molar-refractivity contribution is 0.490. The number of benzene rings is 1. The SMILES string of the molecule is NCC(CNC1CCCC1)c1ccccc1. The molecule has 0 spiro atoms. The van der Waals surface area contributed by atoms with Gasteiger partial charge in [-0.1, -0.05) is 43.2 Å². The summed E-state index contributed by atoms with van der Waals surface area (Å²) in [7, 11) is 0. The van der Waals surface area contributed by atoms with E-state index < -0.39 is 0 Å². The molecule has 1 aliphatic rings. The van der Waals surface area contributed by atoms with Gasteiger partial charge >= 0.3 is 0 Å². The van der Waals surface area contributed by atoms with E-state index in [4.69, 9.17) is 5.73 Å². The smallest absolute Gasteiger partial charge is 0.00864 e. The molecule has 88 valence electrons. The zero-order chi connectivity index (χ0) is 11.2. The summed E-state index contributed by atoms with van der Waals surface area (Å²) in [6.45, 7) is 1.74. The van der Waals surface area contributed by atoms with Crippen molar-refractivity contribution >= 4 is 0 Å². The van der Waals surface area contributed by atoms with E-state index in [2.05, 4.69) is 35.6 Å². The second kappa shape index (κ2) is 6.02. The van der Waals surface area contributed by atoms with Gasteiger partial charge in [0.25, 0.3) is 0 Å². The van der Waals surface area contributed by atoms with E-state index in [0.29, 0.717) is 5.92 Å². The monoisotopic (exact) mass is 218 g/mol. The van der Waals surface area contributed by atoms with Crippen molar-refractivity contribution in [3.63, 3.8) is 0 Å². The third kappa shape index (κ3) is 3.06. The van der Waals surface area contributed by atoms with Crippen LogP contribution in [0.1, 0.15) is 37.2 Å². The predicted octanol–water partition coefficient (Wildman–Crippen LogP) is 2.26. The van der Waals surface area contributed by atoms with Crippen LogP contribution in [0.5, 0.6) is 0 Å². The fraction of sp³-hybridized carbons (Fsp3) is 0.571. The van der Waals surface area contributed by atoms with Crippen molar-refractivity contribution in [3.05, 3.63) is 35.9 Å². The largest absolute Gasteiger partial charge is 0.330 e. The van der Waals surface area contributed by atoms with Gasteiger partial charge in [-0.15, -0.1) is 0 Å². The lowest BCUT2D eigenvalue weighted by Gasteiger charge is -2.19. The Morgan fingerprint density at radius 2 is 1.88 bits per heavy atom. The van der Waals surface area contributed by atoms with Crippen LogP contribution in [-0.2, 0) is 0 Å². The quantitative estimate of drug-likeness (QED) is 0.795. The normalized spacial score (nSPS) is 18.8. The first kappa shape index (κ1) is 11.6. The summed E-state index contributed by atoms with van der Waals surface area (Å²) in [4.78, 5) is 0. The van der Waals surface area contributed by atoms with Crippen LogP contribution in [0.2, 0.25) is 0 Å². The standard InChI is InChI=1S/C14H22N2/c15-10-13(12-6-2-1-3-7-12)11-16-14-8-4-5-9-14/h1-3,6-7,13-14,16H,4-5,8-11,15H2. The van der Waals surface area contributed by atoms with Crippen molar-refractivity contribution in [2.24, 2.45) is 5.73 Å². The van der Waals surface area contributed by atoms with Crippen LogP contribution in [0.4, 0.5) is 0 Å². The first-order valence-electron chi connectivity index (χ1n) is 6.38. The summed E-state index contributed by atoms with van der Waals surface area (Å²) >= 11 is 0. The topological polar surface area (TPSA) is 38.0 Å². The van der Waals surface area contributed by atoms with Gasteiger partial charge in [-0.3, -0.25) is 0 Å². The van der Waals surface area contributed by atoms with Gasteiger partial charge in [-0.25, -0.2) is 0 Å². The van der Waals surface area contributed by atoms with Crippen LogP contribution < -0.4 is 11.1 Å². The van der Waals surface area contributed by atoms with E-state index in [1.807, 2.05) is 0 Å². The molecule has 1 aliphatic carbocycles. The predicted molar refractivity (Wildman–Crippen MR) is 68.5 cm³/mol. The van der Waals surface area contributed by atoms with E-state index >= 15 is 0 Å². The fourth-order valence-corrected chi connectivity index (χ4v) is 2.50. The Morgan fingerprint density at radius 3 is 2.50 bits per heavy atom. The molecular formula is C14H22N2. The van der Waals surface area contributed by atoms with E-state index in [1.165, 1.54) is 31.2 Å². The fourth-order valence-electron chi connectivity index (χ4n) is 2.50. The maximum atomic E-state index is 5.85. The van der Waals surface area contributed by atoms with Crippen molar-refractivity contribution < 1.29 is 0 Å². The second-order valence-electron chi connectivity index (χ2n) is 4.73. The summed E-state index contributed by atoms with van der Waals surface area (Å²) < 4.78 is 0. The molecule has 1 fully saturated rings. The van der Waals surface area contributed by atoms with E-state index in [9.17, 15) is 0 Å². The molecule has 16 heavy (non-hydrogen) atoms. The maximum absolute atomic E-state index is 5.85. The molecule has 0 saturated heterocycles. The Labute approximate surface area is 98.2 Å². The number of hydrogen-bond acceptors (Lipinski definition) is 2. The molecule has 0 radical (unpaired) electrons. The Balaban J connectivity index is 1.85. The average Bonchev–Trinajstić information content (AvgIpc) is 2.84. The summed E-state index contributed by atoms with van der Waals surface area (Å²) in [5.74, 6) is 0.460. The van der Waals surface area contributed by atoms with Gasteiger partial charge in [0.1, 0.15) is 0 Å². The van der Waals surface area contributed by atoms with Gasteiger partial charge in [0.2, 0.25) is 0 Å². The first-order valence-corrected chi connectivity index (χ1v) is 6.38. The molecule has 1 aromatic rings. The van der Waals surface area contributed by atoms with E-state index in [0.717, 1.165) is 19.1 Å². The zero-order valence-corrected chi connectivity index (χ0v) is 9.86. The highest BCUT2D eigenvalue weighted by Crippen LogP contribution is 2.19. The molecule has 3 N–H and O–H groups in total. The third-order valence-corrected chi connectivity index (χ3v) is 3.56. The second-order valence-corrected chi connectivity index (χ2v) is 4.73. The van der Waals surface area contributed by atoms with Crippen LogP contribution in [0.3, 0.4) is 0 Å². The molecule has 1 aromatic carbocycles. The summed E-state index contributed by atoms with van der Waals surface area (Å²) in [5, 5.41) is 3.65. The minimum Gasteiger partial charge on any atom is -0.330 e. The van der Waals surface area contributed by atoms with Gasteiger partial charge in [-0.05, 0) is 18.4 Å². The Hall–Kier alpha value is -0.860. The third-order valence-electron chi connectivity index (χ3n) is 3.56. The van der Waals surface area contributed by atoms with E-state index in [-0.39, 0.29) is 0 Å². The van der Waals surface area contributed by atoms with Crippen molar-refractivity contribution in [2.45, 2.75) is 37.6 Å². The highest BCUT2D eigenvalue weighted by Gasteiger charge is 2.16. The van der Waals surface area contributed by atoms with Gasteiger partial charge in [0, 0.05) is 25.0 Å². The molecule has 1 atom stereocenters. The Bertz CT molecular complexity index is 291. The minimum absolute atomic E-state index is 0.460. The maximum Gasteiger partial charge on any atom is 0.00864 e. The first-order chi connectivity index (χ1) is 7.90. The van der Waals surface area contributed by atoms with Crippen molar-refractivity contribution in [2.75, 3.05) is 13.1 Å². The molecule has 2 heteroatoms. The van der Waals surface area contributed by atoms with Gasteiger partial charge < -0.3 is 11.1 Å². The summed E-state index contributed by atoms with van der Waals surface area (Å²) in [5.41, 5.74) is 7.21. The zero-order valence-electron chi connectivity index (χ0n) is 9.86. The lowest BCUT2D eigenvalue weighted by Crippen LogP contribution is -2.33. The number of rotatable bonds is 5. The molecule has 1 unspecified atom stereocenters. The Kier molecular flexibility index (Phi) is 4.37. The number of nitrogens with two attached hydrogens (primary N) is 1. The van der Waals surface area contributed by atoms with Gasteiger partial charge in [-0.2, -0.15) is 0 Å². The number of hydrogen-bond donors (Lipinski definition) is 2. The van der Waals surface area contributed by atoms with Crippen LogP contribution in [0.15, 0.2) is 30.3 Å². The van der Waals surface area contributed by atoms with Crippen LogP contribution >= 0.6 is 0 Å². The van der Waals surface area contributed by atoms with Crippen LogP contribution in [0.25, 0.3) is 0 Å². The van der Waals surface area contributed by atoms with Gasteiger partial charge in [0.05, 0.1) is 0 Å². The Morgan fingerprint density at radius 1 is 1.19 bits per heavy atom. The molecular weight excluding hydrogens is 196 g/mol. The molecule has 0 aromatic heterocycles. The minimum atomic E-state index is 0.460. The van der Waals surface area contributed by atoms with Crippen LogP contribution in [-0.4, -0.2) is 19.1 Å². The molecule has 0 heterocycles. The van der Waals surface area contributed by atoms with Crippen molar-refractivity contribution in [3.8, 4) is 0 Å². The van der Waals surface area contributed by atoms with Gasteiger partial charge in [0.15, 0.2) is 0 Å². The molecule has 0 bridgehead atoms. The lowest BCUT2D eigenvalue weighted by atomic mass is 9.99. The highest BCUT2D eigenvalue weighted by atomic mass is 14.9. The molecule has 2 nitrogen and oxygen atoms in total. The number of nitrogens with one attached hydrogen (secondary N) is 1. The summed E-state index contributed by atoms with van der Waals surface area (Å²) in [6.07, 6.45) is 5.45. The van der Waals surface area contributed by atoms with E-state index in [1.54, 1.807) is 0 Å².